The first-order chi connectivity index (χ1) is 8.28. The van der Waals surface area contributed by atoms with Crippen LogP contribution in [0.25, 0.3) is 0 Å². The van der Waals surface area contributed by atoms with Crippen LogP contribution in [0.2, 0.25) is 0 Å². The van der Waals surface area contributed by atoms with Crippen molar-refractivity contribution in [3.8, 4) is 5.75 Å². The van der Waals surface area contributed by atoms with Crippen LogP contribution in [0.15, 0.2) is 22.7 Å². The fraction of sp³-hybridized carbons (Fsp3) is 0.538. The first-order valence-electron chi connectivity index (χ1n) is 5.94. The van der Waals surface area contributed by atoms with Crippen LogP contribution in [0.5, 0.6) is 5.75 Å². The lowest BCUT2D eigenvalue weighted by atomic mass is 10.0. The minimum absolute atomic E-state index is 0.619. The summed E-state index contributed by atoms with van der Waals surface area (Å²) in [5.74, 6) is 1.48. The second-order valence-electron chi connectivity index (χ2n) is 4.34. The molecule has 1 fully saturated rings. The van der Waals surface area contributed by atoms with Crippen LogP contribution >= 0.6 is 15.9 Å². The molecule has 1 N–H and O–H groups in total. The van der Waals surface area contributed by atoms with E-state index in [1.165, 1.54) is 12.8 Å². The third-order valence-corrected chi connectivity index (χ3v) is 3.41. The van der Waals surface area contributed by atoms with Crippen LogP contribution in [-0.4, -0.2) is 26.9 Å². The normalized spacial score (nSPS) is 20.0. The topological polar surface area (TPSA) is 30.5 Å². The number of benzene rings is 1. The highest BCUT2D eigenvalue weighted by Gasteiger charge is 2.13. The molecular weight excluding hydrogens is 282 g/mol. The fourth-order valence-corrected chi connectivity index (χ4v) is 2.49. The molecule has 0 spiro atoms. The van der Waals surface area contributed by atoms with E-state index in [-0.39, 0.29) is 0 Å². The lowest BCUT2D eigenvalue weighted by Crippen LogP contribution is -2.24. The molecule has 1 aromatic rings. The van der Waals surface area contributed by atoms with Gasteiger partial charge in [0.2, 0.25) is 0 Å². The van der Waals surface area contributed by atoms with Gasteiger partial charge < -0.3 is 14.8 Å². The second kappa shape index (κ2) is 6.26. The molecule has 1 unspecified atom stereocenters. The smallest absolute Gasteiger partial charge is 0.122 e. The summed E-state index contributed by atoms with van der Waals surface area (Å²) >= 11 is 3.48. The van der Waals surface area contributed by atoms with E-state index in [0.717, 1.165) is 35.7 Å². The number of methoxy groups -OCH3 is 1. The quantitative estimate of drug-likeness (QED) is 0.925. The van der Waals surface area contributed by atoms with Gasteiger partial charge in [-0.2, -0.15) is 0 Å². The molecule has 1 heterocycles. The Kier molecular flexibility index (Phi) is 4.68. The summed E-state index contributed by atoms with van der Waals surface area (Å²) in [6.45, 7) is 2.75. The Hall–Kier alpha value is -0.740. The lowest BCUT2D eigenvalue weighted by Gasteiger charge is -2.22. The van der Waals surface area contributed by atoms with Crippen LogP contribution in [0.1, 0.15) is 12.8 Å². The Labute approximate surface area is 111 Å². The van der Waals surface area contributed by atoms with Crippen molar-refractivity contribution in [2.75, 3.05) is 32.2 Å². The molecule has 0 amide bonds. The first kappa shape index (κ1) is 12.7. The van der Waals surface area contributed by atoms with E-state index in [1.54, 1.807) is 7.11 Å². The Morgan fingerprint density at radius 1 is 1.47 bits per heavy atom. The van der Waals surface area contributed by atoms with Crippen molar-refractivity contribution in [3.05, 3.63) is 22.7 Å². The van der Waals surface area contributed by atoms with Gasteiger partial charge in [-0.05, 0) is 30.9 Å². The Bertz CT molecular complexity index is 364. The summed E-state index contributed by atoms with van der Waals surface area (Å²) in [6.07, 6.45) is 2.42. The number of halogens is 1. The van der Waals surface area contributed by atoms with E-state index in [2.05, 4.69) is 27.3 Å². The van der Waals surface area contributed by atoms with Gasteiger partial charge in [0.05, 0.1) is 13.7 Å². The maximum atomic E-state index is 5.47. The van der Waals surface area contributed by atoms with Gasteiger partial charge in [-0.3, -0.25) is 0 Å². The average molecular weight is 300 g/mol. The molecule has 0 aliphatic carbocycles. The third kappa shape index (κ3) is 3.89. The number of anilines is 1. The Morgan fingerprint density at radius 3 is 3.06 bits per heavy atom. The standard InChI is InChI=1S/C13H18BrNO2/c1-16-13-6-11(14)5-12(7-13)15-8-10-3-2-4-17-9-10/h5-7,10,15H,2-4,8-9H2,1H3. The second-order valence-corrected chi connectivity index (χ2v) is 5.26. The predicted molar refractivity (Wildman–Crippen MR) is 72.7 cm³/mol. The highest BCUT2D eigenvalue weighted by Crippen LogP contribution is 2.25. The molecule has 3 nitrogen and oxygen atoms in total. The van der Waals surface area contributed by atoms with Gasteiger partial charge in [-0.15, -0.1) is 0 Å². The maximum Gasteiger partial charge on any atom is 0.122 e. The summed E-state index contributed by atoms with van der Waals surface area (Å²) in [5.41, 5.74) is 1.08. The summed E-state index contributed by atoms with van der Waals surface area (Å²) in [6, 6.07) is 6.02. The largest absolute Gasteiger partial charge is 0.497 e. The number of nitrogens with one attached hydrogen (secondary N) is 1. The molecule has 2 rings (SSSR count). The summed E-state index contributed by atoms with van der Waals surface area (Å²) in [5, 5.41) is 3.44. The zero-order valence-corrected chi connectivity index (χ0v) is 11.6. The molecule has 0 radical (unpaired) electrons. The SMILES string of the molecule is COc1cc(Br)cc(NCC2CCCOC2)c1. The summed E-state index contributed by atoms with van der Waals surface area (Å²) < 4.78 is 11.7. The van der Waals surface area contributed by atoms with Gasteiger partial charge in [0.1, 0.15) is 5.75 Å². The first-order valence-corrected chi connectivity index (χ1v) is 6.73. The van der Waals surface area contributed by atoms with E-state index in [9.17, 15) is 0 Å². The number of hydrogen-bond acceptors (Lipinski definition) is 3. The van der Waals surface area contributed by atoms with Gasteiger partial charge in [0.25, 0.3) is 0 Å². The van der Waals surface area contributed by atoms with Crippen molar-refractivity contribution in [1.82, 2.24) is 0 Å². The van der Waals surface area contributed by atoms with Crippen molar-refractivity contribution < 1.29 is 9.47 Å². The minimum atomic E-state index is 0.619. The molecular formula is C13H18BrNO2. The van der Waals surface area contributed by atoms with Crippen molar-refractivity contribution in [1.29, 1.82) is 0 Å². The minimum Gasteiger partial charge on any atom is -0.497 e. The number of rotatable bonds is 4. The van der Waals surface area contributed by atoms with Gasteiger partial charge in [-0.25, -0.2) is 0 Å². The molecule has 1 aromatic carbocycles. The molecule has 1 saturated heterocycles. The molecule has 1 aliphatic heterocycles. The van der Waals surface area contributed by atoms with E-state index < -0.39 is 0 Å². The zero-order valence-electron chi connectivity index (χ0n) is 10.0. The van der Waals surface area contributed by atoms with Gasteiger partial charge in [0.15, 0.2) is 0 Å². The summed E-state index contributed by atoms with van der Waals surface area (Å²) in [7, 11) is 1.68. The van der Waals surface area contributed by atoms with Crippen LogP contribution in [0.4, 0.5) is 5.69 Å². The Morgan fingerprint density at radius 2 is 2.35 bits per heavy atom. The fourth-order valence-electron chi connectivity index (χ4n) is 2.01. The highest BCUT2D eigenvalue weighted by atomic mass is 79.9. The van der Waals surface area contributed by atoms with Gasteiger partial charge >= 0.3 is 0 Å². The molecule has 94 valence electrons. The molecule has 4 heteroatoms. The van der Waals surface area contributed by atoms with Crippen LogP contribution < -0.4 is 10.1 Å². The van der Waals surface area contributed by atoms with Crippen molar-refractivity contribution in [2.24, 2.45) is 5.92 Å². The van der Waals surface area contributed by atoms with Gasteiger partial charge in [-0.1, -0.05) is 15.9 Å². The van der Waals surface area contributed by atoms with E-state index in [4.69, 9.17) is 9.47 Å². The van der Waals surface area contributed by atoms with Crippen molar-refractivity contribution in [3.63, 3.8) is 0 Å². The molecule has 0 saturated carbocycles. The lowest BCUT2D eigenvalue weighted by molar-refractivity contribution is 0.0595. The zero-order chi connectivity index (χ0) is 12.1. The van der Waals surface area contributed by atoms with Crippen molar-refractivity contribution >= 4 is 21.6 Å². The maximum absolute atomic E-state index is 5.47. The van der Waals surface area contributed by atoms with E-state index in [0.29, 0.717) is 5.92 Å². The number of ether oxygens (including phenoxy) is 2. The average Bonchev–Trinajstić information content (AvgIpc) is 2.37. The summed E-state index contributed by atoms with van der Waals surface area (Å²) in [4.78, 5) is 0. The van der Waals surface area contributed by atoms with Crippen molar-refractivity contribution in [2.45, 2.75) is 12.8 Å². The Balaban J connectivity index is 1.91. The van der Waals surface area contributed by atoms with Crippen LogP contribution in [-0.2, 0) is 4.74 Å². The molecule has 1 aliphatic rings. The predicted octanol–water partition coefficient (Wildman–Crippen LogP) is 3.30. The van der Waals surface area contributed by atoms with E-state index in [1.807, 2.05) is 12.1 Å². The molecule has 0 aromatic heterocycles. The highest BCUT2D eigenvalue weighted by molar-refractivity contribution is 9.10. The molecule has 0 bridgehead atoms. The van der Waals surface area contributed by atoms with Crippen LogP contribution in [0, 0.1) is 5.92 Å². The number of hydrogen-bond donors (Lipinski definition) is 1. The third-order valence-electron chi connectivity index (χ3n) is 2.96. The van der Waals surface area contributed by atoms with Crippen LogP contribution in [0.3, 0.4) is 0 Å². The van der Waals surface area contributed by atoms with E-state index >= 15 is 0 Å². The van der Waals surface area contributed by atoms with Gasteiger partial charge in [0, 0.05) is 29.4 Å². The molecule has 17 heavy (non-hydrogen) atoms. The monoisotopic (exact) mass is 299 g/mol. The molecule has 1 atom stereocenters.